The van der Waals surface area contributed by atoms with Gasteiger partial charge in [-0.15, -0.1) is 11.8 Å². The van der Waals surface area contributed by atoms with Gasteiger partial charge in [0.05, 0.1) is 0 Å². The lowest BCUT2D eigenvalue weighted by Gasteiger charge is -2.05. The summed E-state index contributed by atoms with van der Waals surface area (Å²) in [6.07, 6.45) is 3.42. The van der Waals surface area contributed by atoms with E-state index in [0.29, 0.717) is 6.54 Å². The van der Waals surface area contributed by atoms with Crippen molar-refractivity contribution in [3.8, 4) is 0 Å². The van der Waals surface area contributed by atoms with Crippen molar-refractivity contribution in [2.75, 3.05) is 12.3 Å². The quantitative estimate of drug-likeness (QED) is 0.765. The van der Waals surface area contributed by atoms with Crippen molar-refractivity contribution in [1.29, 1.82) is 0 Å². The molecule has 1 rings (SSSR count). The van der Waals surface area contributed by atoms with E-state index in [1.165, 1.54) is 28.2 Å². The Morgan fingerprint density at radius 3 is 2.47 bits per heavy atom. The molecule has 0 radical (unpaired) electrons. The molecule has 1 aromatic rings. The summed E-state index contributed by atoms with van der Waals surface area (Å²) in [6, 6.07) is 8.72. The van der Waals surface area contributed by atoms with Gasteiger partial charge in [-0.1, -0.05) is 37.6 Å². The van der Waals surface area contributed by atoms with E-state index < -0.39 is 0 Å². The maximum Gasteiger partial charge on any atom is 0.0137 e. The lowest BCUT2D eigenvalue weighted by molar-refractivity contribution is 0.632. The zero-order valence-corrected chi connectivity index (χ0v) is 11.9. The van der Waals surface area contributed by atoms with E-state index >= 15 is 0 Å². The summed E-state index contributed by atoms with van der Waals surface area (Å²) in [5.74, 6) is 1.99. The van der Waals surface area contributed by atoms with Gasteiger partial charge in [0, 0.05) is 11.4 Å². The highest BCUT2D eigenvalue weighted by Crippen LogP contribution is 2.21. The Bertz CT molecular complexity index is 352. The van der Waals surface area contributed by atoms with Crippen LogP contribution in [0.3, 0.4) is 0 Å². The van der Waals surface area contributed by atoms with E-state index in [9.17, 15) is 0 Å². The second-order valence-electron chi connectivity index (χ2n) is 4.79. The fourth-order valence-corrected chi connectivity index (χ4v) is 2.57. The molecule has 0 fully saturated rings. The van der Waals surface area contributed by atoms with Crippen LogP contribution in [0.2, 0.25) is 0 Å². The zero-order valence-electron chi connectivity index (χ0n) is 11.1. The average molecular weight is 249 g/mol. The number of benzene rings is 1. The van der Waals surface area contributed by atoms with Gasteiger partial charge in [-0.2, -0.15) is 0 Å². The van der Waals surface area contributed by atoms with Crippen LogP contribution in [0.15, 0.2) is 34.7 Å². The predicted octanol–water partition coefficient (Wildman–Crippen LogP) is 4.19. The highest BCUT2D eigenvalue weighted by molar-refractivity contribution is 7.99. The van der Waals surface area contributed by atoms with Gasteiger partial charge in [0.25, 0.3) is 0 Å². The normalized spacial score (nSPS) is 12.2. The highest BCUT2D eigenvalue weighted by atomic mass is 32.2. The predicted molar refractivity (Wildman–Crippen MR) is 79.3 cm³/mol. The second kappa shape index (κ2) is 7.57. The largest absolute Gasteiger partial charge is 0.327 e. The smallest absolute Gasteiger partial charge is 0.0137 e. The molecule has 1 nitrogen and oxygen atoms in total. The van der Waals surface area contributed by atoms with Gasteiger partial charge in [-0.05, 0) is 42.7 Å². The van der Waals surface area contributed by atoms with Crippen LogP contribution in [0.5, 0.6) is 0 Å². The molecule has 0 spiro atoms. The van der Waals surface area contributed by atoms with Crippen molar-refractivity contribution >= 4 is 17.8 Å². The van der Waals surface area contributed by atoms with Gasteiger partial charge in [0.2, 0.25) is 0 Å². The summed E-state index contributed by atoms with van der Waals surface area (Å²) >= 11 is 1.94. The fourth-order valence-electron chi connectivity index (χ4n) is 1.42. The molecule has 0 aliphatic rings. The van der Waals surface area contributed by atoms with Gasteiger partial charge in [0.1, 0.15) is 0 Å². The van der Waals surface area contributed by atoms with Gasteiger partial charge < -0.3 is 5.73 Å². The number of hydrogen-bond donors (Lipinski definition) is 1. The van der Waals surface area contributed by atoms with Crippen LogP contribution in [-0.4, -0.2) is 12.3 Å². The molecule has 2 N–H and O–H groups in total. The Morgan fingerprint density at radius 1 is 1.29 bits per heavy atom. The Hall–Kier alpha value is -0.730. The minimum atomic E-state index is 0.630. The monoisotopic (exact) mass is 249 g/mol. The first-order valence-corrected chi connectivity index (χ1v) is 7.20. The molecule has 0 heterocycles. The molecule has 0 amide bonds. The van der Waals surface area contributed by atoms with Crippen molar-refractivity contribution < 1.29 is 0 Å². The fraction of sp³-hybridized carbons (Fsp3) is 0.467. The first kappa shape index (κ1) is 14.3. The van der Waals surface area contributed by atoms with Crippen LogP contribution < -0.4 is 5.73 Å². The second-order valence-corrected chi connectivity index (χ2v) is 5.96. The Labute approximate surface area is 109 Å². The molecule has 0 aromatic heterocycles. The molecule has 0 aliphatic heterocycles. The molecule has 0 atom stereocenters. The maximum absolute atomic E-state index is 5.57. The van der Waals surface area contributed by atoms with Crippen LogP contribution in [0.25, 0.3) is 6.08 Å². The third kappa shape index (κ3) is 5.94. The Kier molecular flexibility index (Phi) is 6.38. The molecule has 0 unspecified atom stereocenters. The van der Waals surface area contributed by atoms with E-state index in [1.54, 1.807) is 0 Å². The van der Waals surface area contributed by atoms with E-state index in [1.807, 2.05) is 11.8 Å². The average Bonchev–Trinajstić information content (AvgIpc) is 2.31. The molecule has 1 aromatic carbocycles. The van der Waals surface area contributed by atoms with E-state index in [2.05, 4.69) is 51.1 Å². The van der Waals surface area contributed by atoms with Crippen LogP contribution in [0.1, 0.15) is 32.8 Å². The molecule has 0 saturated heterocycles. The summed E-state index contributed by atoms with van der Waals surface area (Å²) in [6.45, 7) is 7.23. The van der Waals surface area contributed by atoms with Gasteiger partial charge >= 0.3 is 0 Å². The van der Waals surface area contributed by atoms with Crippen molar-refractivity contribution in [3.05, 3.63) is 35.4 Å². The van der Waals surface area contributed by atoms with Gasteiger partial charge in [-0.3, -0.25) is 0 Å². The number of thioether (sulfide) groups is 1. The van der Waals surface area contributed by atoms with Gasteiger partial charge in [-0.25, -0.2) is 0 Å². The zero-order chi connectivity index (χ0) is 12.7. The summed E-state index contributed by atoms with van der Waals surface area (Å²) in [7, 11) is 0. The third-order valence-corrected chi connectivity index (χ3v) is 3.62. The van der Waals surface area contributed by atoms with Crippen LogP contribution in [0, 0.1) is 5.92 Å². The minimum Gasteiger partial charge on any atom is -0.327 e. The molecular weight excluding hydrogens is 226 g/mol. The first-order valence-electron chi connectivity index (χ1n) is 6.22. The van der Waals surface area contributed by atoms with Crippen LogP contribution in [0.4, 0.5) is 0 Å². The number of nitrogens with two attached hydrogens (primary N) is 1. The van der Waals surface area contributed by atoms with Crippen molar-refractivity contribution in [2.45, 2.75) is 32.1 Å². The Morgan fingerprint density at radius 2 is 1.94 bits per heavy atom. The topological polar surface area (TPSA) is 26.0 Å². The van der Waals surface area contributed by atoms with Crippen molar-refractivity contribution in [3.63, 3.8) is 0 Å². The minimum absolute atomic E-state index is 0.630. The van der Waals surface area contributed by atoms with Crippen LogP contribution in [-0.2, 0) is 0 Å². The summed E-state index contributed by atoms with van der Waals surface area (Å²) < 4.78 is 0. The standard InChI is InChI=1S/C15H23NS/c1-12(2)8-9-17-15-6-4-14(5-7-15)10-13(3)11-16/h4-7,10,12H,8-9,11,16H2,1-3H3. The summed E-state index contributed by atoms with van der Waals surface area (Å²) in [4.78, 5) is 1.35. The lowest BCUT2D eigenvalue weighted by atomic mass is 10.1. The molecule has 17 heavy (non-hydrogen) atoms. The maximum atomic E-state index is 5.57. The first-order chi connectivity index (χ1) is 8.11. The van der Waals surface area contributed by atoms with E-state index in [4.69, 9.17) is 5.73 Å². The van der Waals surface area contributed by atoms with Crippen LogP contribution >= 0.6 is 11.8 Å². The molecule has 2 heteroatoms. The number of hydrogen-bond acceptors (Lipinski definition) is 2. The molecule has 94 valence electrons. The summed E-state index contributed by atoms with van der Waals surface area (Å²) in [5.41, 5.74) is 8.02. The Balaban J connectivity index is 2.50. The summed E-state index contributed by atoms with van der Waals surface area (Å²) in [5, 5.41) is 0. The molecule has 0 saturated carbocycles. The van der Waals surface area contributed by atoms with Gasteiger partial charge in [0.15, 0.2) is 0 Å². The molecule has 0 aliphatic carbocycles. The highest BCUT2D eigenvalue weighted by Gasteiger charge is 1.97. The molecule has 0 bridgehead atoms. The van der Waals surface area contributed by atoms with E-state index in [0.717, 1.165) is 5.92 Å². The van der Waals surface area contributed by atoms with E-state index in [-0.39, 0.29) is 0 Å². The molecular formula is C15H23NS. The SMILES string of the molecule is CC(=Cc1ccc(SCCC(C)C)cc1)CN. The lowest BCUT2D eigenvalue weighted by Crippen LogP contribution is -1.99. The van der Waals surface area contributed by atoms with Crippen molar-refractivity contribution in [2.24, 2.45) is 11.7 Å². The number of rotatable bonds is 6. The third-order valence-electron chi connectivity index (χ3n) is 2.58. The van der Waals surface area contributed by atoms with Crippen molar-refractivity contribution in [1.82, 2.24) is 0 Å².